The quantitative estimate of drug-likeness (QED) is 0.791. The van der Waals surface area contributed by atoms with E-state index in [9.17, 15) is 4.79 Å². The van der Waals surface area contributed by atoms with Gasteiger partial charge in [0.25, 0.3) is 0 Å². The molecule has 0 spiro atoms. The number of ketones is 1. The van der Waals surface area contributed by atoms with Crippen LogP contribution in [-0.4, -0.2) is 12.4 Å². The van der Waals surface area contributed by atoms with Crippen molar-refractivity contribution in [1.29, 1.82) is 0 Å². The third-order valence-electron chi connectivity index (χ3n) is 2.80. The van der Waals surface area contributed by atoms with Crippen LogP contribution in [0.25, 0.3) is 0 Å². The van der Waals surface area contributed by atoms with E-state index in [0.29, 0.717) is 13.0 Å². The highest BCUT2D eigenvalue weighted by Crippen LogP contribution is 2.24. The van der Waals surface area contributed by atoms with Crippen molar-refractivity contribution in [3.05, 3.63) is 54.1 Å². The van der Waals surface area contributed by atoms with Crippen LogP contribution in [0.2, 0.25) is 0 Å². The monoisotopic (exact) mass is 270 g/mol. The lowest BCUT2D eigenvalue weighted by atomic mass is 10.2. The molecule has 20 heavy (non-hydrogen) atoms. The number of benzene rings is 2. The van der Waals surface area contributed by atoms with Crippen LogP contribution < -0.4 is 9.47 Å². The molecule has 3 heteroatoms. The standard InChI is InChI=1S/C17H18O3/c1-13-3-5-16(6-4-13)20-17-9-7-15(8-10-17)19-12-11-14(2)18/h3-10H,11-12H2,1-2H3. The van der Waals surface area contributed by atoms with Gasteiger partial charge < -0.3 is 9.47 Å². The van der Waals surface area contributed by atoms with Crippen molar-refractivity contribution < 1.29 is 14.3 Å². The number of rotatable bonds is 6. The normalized spacial score (nSPS) is 10.1. The lowest BCUT2D eigenvalue weighted by Crippen LogP contribution is -2.02. The SMILES string of the molecule is CC(=O)CCOc1ccc(Oc2ccc(C)cc2)cc1. The summed E-state index contributed by atoms with van der Waals surface area (Å²) < 4.78 is 11.2. The number of aryl methyl sites for hydroxylation is 1. The molecule has 0 aliphatic heterocycles. The topological polar surface area (TPSA) is 35.5 Å². The second-order valence-corrected chi connectivity index (χ2v) is 4.69. The number of Topliss-reactive ketones (excluding diaryl/α,β-unsaturated/α-hetero) is 1. The fourth-order valence-electron chi connectivity index (χ4n) is 1.66. The van der Waals surface area contributed by atoms with Crippen LogP contribution in [0.15, 0.2) is 48.5 Å². The van der Waals surface area contributed by atoms with Gasteiger partial charge >= 0.3 is 0 Å². The maximum atomic E-state index is 10.8. The molecule has 2 aromatic carbocycles. The maximum Gasteiger partial charge on any atom is 0.133 e. The Labute approximate surface area is 119 Å². The molecule has 0 unspecified atom stereocenters. The molecule has 0 aromatic heterocycles. The molecule has 0 amide bonds. The van der Waals surface area contributed by atoms with Gasteiger partial charge in [0.2, 0.25) is 0 Å². The van der Waals surface area contributed by atoms with Crippen molar-refractivity contribution in [1.82, 2.24) is 0 Å². The molecule has 0 atom stereocenters. The largest absolute Gasteiger partial charge is 0.493 e. The first kappa shape index (κ1) is 14.1. The first-order valence-corrected chi connectivity index (χ1v) is 6.60. The first-order chi connectivity index (χ1) is 9.63. The molecule has 0 aliphatic rings. The molecule has 0 heterocycles. The third-order valence-corrected chi connectivity index (χ3v) is 2.80. The molecule has 0 fully saturated rings. The summed E-state index contributed by atoms with van der Waals surface area (Å²) in [5.41, 5.74) is 1.20. The number of ether oxygens (including phenoxy) is 2. The Balaban J connectivity index is 1.91. The Morgan fingerprint density at radius 3 is 1.95 bits per heavy atom. The minimum absolute atomic E-state index is 0.129. The van der Waals surface area contributed by atoms with Gasteiger partial charge in [0.1, 0.15) is 23.0 Å². The number of hydrogen-bond donors (Lipinski definition) is 0. The van der Waals surface area contributed by atoms with Gasteiger partial charge in [0.05, 0.1) is 6.61 Å². The molecule has 0 radical (unpaired) electrons. The number of hydrogen-bond acceptors (Lipinski definition) is 3. The molecule has 104 valence electrons. The van der Waals surface area contributed by atoms with Crippen molar-refractivity contribution in [2.24, 2.45) is 0 Å². The molecule has 2 rings (SSSR count). The highest BCUT2D eigenvalue weighted by molar-refractivity contribution is 5.75. The van der Waals surface area contributed by atoms with Crippen molar-refractivity contribution in [2.45, 2.75) is 20.3 Å². The summed E-state index contributed by atoms with van der Waals surface area (Å²) in [5.74, 6) is 2.43. The zero-order valence-corrected chi connectivity index (χ0v) is 11.8. The van der Waals surface area contributed by atoms with Gasteiger partial charge in [-0.25, -0.2) is 0 Å². The van der Waals surface area contributed by atoms with Crippen LogP contribution in [0.3, 0.4) is 0 Å². The zero-order valence-electron chi connectivity index (χ0n) is 11.8. The molecular weight excluding hydrogens is 252 g/mol. The van der Waals surface area contributed by atoms with E-state index in [0.717, 1.165) is 17.2 Å². The Kier molecular flexibility index (Phi) is 4.77. The second kappa shape index (κ2) is 6.75. The molecule has 0 aliphatic carbocycles. The van der Waals surface area contributed by atoms with Crippen LogP contribution in [0.4, 0.5) is 0 Å². The van der Waals surface area contributed by atoms with E-state index in [1.165, 1.54) is 5.56 Å². The van der Waals surface area contributed by atoms with Gasteiger partial charge in [-0.3, -0.25) is 4.79 Å². The van der Waals surface area contributed by atoms with Crippen LogP contribution >= 0.6 is 0 Å². The second-order valence-electron chi connectivity index (χ2n) is 4.69. The number of carbonyl (C=O) groups is 1. The summed E-state index contributed by atoms with van der Waals surface area (Å²) in [5, 5.41) is 0. The van der Waals surface area contributed by atoms with Crippen molar-refractivity contribution >= 4 is 5.78 Å². The molecular formula is C17H18O3. The van der Waals surface area contributed by atoms with Crippen molar-refractivity contribution in [3.8, 4) is 17.2 Å². The van der Waals surface area contributed by atoms with E-state index in [4.69, 9.17) is 9.47 Å². The third kappa shape index (κ3) is 4.43. The van der Waals surface area contributed by atoms with E-state index in [1.807, 2.05) is 55.5 Å². The fraction of sp³-hybridized carbons (Fsp3) is 0.235. The highest BCUT2D eigenvalue weighted by atomic mass is 16.5. The van der Waals surface area contributed by atoms with Crippen LogP contribution in [-0.2, 0) is 4.79 Å². The van der Waals surface area contributed by atoms with Crippen LogP contribution in [0.5, 0.6) is 17.2 Å². The van der Waals surface area contributed by atoms with Crippen molar-refractivity contribution in [2.75, 3.05) is 6.61 Å². The van der Waals surface area contributed by atoms with Gasteiger partial charge in [-0.15, -0.1) is 0 Å². The molecule has 0 saturated carbocycles. The fourth-order valence-corrected chi connectivity index (χ4v) is 1.66. The molecule has 2 aromatic rings. The summed E-state index contributed by atoms with van der Waals surface area (Å²) in [7, 11) is 0. The Bertz CT molecular complexity index is 556. The van der Waals surface area contributed by atoms with E-state index < -0.39 is 0 Å². The van der Waals surface area contributed by atoms with E-state index in [1.54, 1.807) is 6.92 Å². The lowest BCUT2D eigenvalue weighted by molar-refractivity contribution is -0.117. The van der Waals surface area contributed by atoms with Gasteiger partial charge in [0.15, 0.2) is 0 Å². The average Bonchev–Trinajstić information content (AvgIpc) is 2.43. The Hall–Kier alpha value is -2.29. The van der Waals surface area contributed by atoms with Gasteiger partial charge in [-0.05, 0) is 50.2 Å². The Morgan fingerprint density at radius 1 is 0.900 bits per heavy atom. The predicted octanol–water partition coefficient (Wildman–Crippen LogP) is 4.15. The van der Waals surface area contributed by atoms with E-state index in [-0.39, 0.29) is 5.78 Å². The van der Waals surface area contributed by atoms with E-state index in [2.05, 4.69) is 0 Å². The maximum absolute atomic E-state index is 10.8. The number of carbonyl (C=O) groups excluding carboxylic acids is 1. The minimum atomic E-state index is 0.129. The minimum Gasteiger partial charge on any atom is -0.493 e. The predicted molar refractivity (Wildman–Crippen MR) is 78.5 cm³/mol. The molecule has 3 nitrogen and oxygen atoms in total. The Morgan fingerprint density at radius 2 is 1.40 bits per heavy atom. The summed E-state index contributed by atoms with van der Waals surface area (Å²) >= 11 is 0. The summed E-state index contributed by atoms with van der Waals surface area (Å²) in [4.78, 5) is 10.8. The summed E-state index contributed by atoms with van der Waals surface area (Å²) in [6.07, 6.45) is 0.432. The van der Waals surface area contributed by atoms with Gasteiger partial charge in [-0.2, -0.15) is 0 Å². The molecule has 0 bridgehead atoms. The molecule has 0 N–H and O–H groups in total. The van der Waals surface area contributed by atoms with Crippen LogP contribution in [0.1, 0.15) is 18.9 Å². The van der Waals surface area contributed by atoms with Gasteiger partial charge in [0, 0.05) is 6.42 Å². The van der Waals surface area contributed by atoms with Crippen LogP contribution in [0, 0.1) is 6.92 Å². The smallest absolute Gasteiger partial charge is 0.133 e. The lowest BCUT2D eigenvalue weighted by Gasteiger charge is -2.08. The average molecular weight is 270 g/mol. The molecule has 0 saturated heterocycles. The summed E-state index contributed by atoms with van der Waals surface area (Å²) in [6, 6.07) is 15.3. The first-order valence-electron chi connectivity index (χ1n) is 6.60. The highest BCUT2D eigenvalue weighted by Gasteiger charge is 1.99. The van der Waals surface area contributed by atoms with Gasteiger partial charge in [-0.1, -0.05) is 17.7 Å². The summed E-state index contributed by atoms with van der Waals surface area (Å²) in [6.45, 7) is 4.01. The zero-order chi connectivity index (χ0) is 14.4. The van der Waals surface area contributed by atoms with Crippen molar-refractivity contribution in [3.63, 3.8) is 0 Å². The van der Waals surface area contributed by atoms with E-state index >= 15 is 0 Å².